The zero-order valence-corrected chi connectivity index (χ0v) is 11.1. The van der Waals surface area contributed by atoms with E-state index in [1.54, 1.807) is 16.7 Å². The van der Waals surface area contributed by atoms with Gasteiger partial charge in [0.1, 0.15) is 6.73 Å². The maximum absolute atomic E-state index is 8.66. The van der Waals surface area contributed by atoms with Gasteiger partial charge in [0.25, 0.3) is 0 Å². The van der Waals surface area contributed by atoms with E-state index in [-0.39, 0.29) is 19.9 Å². The molecule has 0 aliphatic heterocycles. The SMILES string of the molecule is OCCOCn1c(=S)[nH]c2c(Cl)cc(Cl)cc21. The van der Waals surface area contributed by atoms with E-state index in [0.717, 1.165) is 11.0 Å². The standard InChI is InChI=1S/C10H10Cl2N2O2S/c11-6-3-7(12)9-8(4-6)14(10(17)13-9)5-16-2-1-15/h3-4,15H,1-2,5H2,(H,13,17). The summed E-state index contributed by atoms with van der Waals surface area (Å²) in [5, 5.41) is 9.70. The molecule has 0 radical (unpaired) electrons. The van der Waals surface area contributed by atoms with Crippen LogP contribution in [0.15, 0.2) is 12.1 Å². The van der Waals surface area contributed by atoms with Crippen LogP contribution < -0.4 is 0 Å². The van der Waals surface area contributed by atoms with Crippen molar-refractivity contribution in [3.8, 4) is 0 Å². The maximum Gasteiger partial charge on any atom is 0.180 e. The fourth-order valence-electron chi connectivity index (χ4n) is 1.53. The highest BCUT2D eigenvalue weighted by atomic mass is 35.5. The summed E-state index contributed by atoms with van der Waals surface area (Å²) >= 11 is 17.2. The predicted molar refractivity (Wildman–Crippen MR) is 70.2 cm³/mol. The number of halogens is 2. The first-order chi connectivity index (χ1) is 8.13. The van der Waals surface area contributed by atoms with Crippen molar-refractivity contribution in [1.29, 1.82) is 0 Å². The highest BCUT2D eigenvalue weighted by molar-refractivity contribution is 7.71. The third-order valence-corrected chi connectivity index (χ3v) is 3.10. The molecule has 2 rings (SSSR count). The lowest BCUT2D eigenvalue weighted by molar-refractivity contribution is 0.0495. The van der Waals surface area contributed by atoms with Gasteiger partial charge >= 0.3 is 0 Å². The molecule has 0 saturated carbocycles. The van der Waals surface area contributed by atoms with E-state index in [4.69, 9.17) is 45.3 Å². The van der Waals surface area contributed by atoms with E-state index in [1.165, 1.54) is 0 Å². The lowest BCUT2D eigenvalue weighted by atomic mass is 10.3. The maximum atomic E-state index is 8.66. The van der Waals surface area contributed by atoms with Crippen molar-refractivity contribution < 1.29 is 9.84 Å². The number of aromatic amines is 1. The second-order valence-electron chi connectivity index (χ2n) is 3.40. The van der Waals surface area contributed by atoms with Crippen molar-refractivity contribution in [2.75, 3.05) is 13.2 Å². The van der Waals surface area contributed by atoms with Crippen LogP contribution in [-0.4, -0.2) is 27.9 Å². The zero-order chi connectivity index (χ0) is 12.4. The summed E-state index contributed by atoms with van der Waals surface area (Å²) in [4.78, 5) is 2.99. The minimum Gasteiger partial charge on any atom is -0.394 e. The van der Waals surface area contributed by atoms with Gasteiger partial charge in [-0.15, -0.1) is 0 Å². The van der Waals surface area contributed by atoms with E-state index in [1.807, 2.05) is 0 Å². The molecule has 4 nitrogen and oxygen atoms in total. The van der Waals surface area contributed by atoms with Gasteiger partial charge in [-0.2, -0.15) is 0 Å². The molecule has 0 aliphatic rings. The summed E-state index contributed by atoms with van der Waals surface area (Å²) in [6, 6.07) is 3.41. The molecule has 0 spiro atoms. The molecule has 0 atom stereocenters. The van der Waals surface area contributed by atoms with Gasteiger partial charge in [0.15, 0.2) is 4.77 Å². The zero-order valence-electron chi connectivity index (χ0n) is 8.74. The Labute approximate surface area is 113 Å². The number of rotatable bonds is 4. The Hall–Kier alpha value is -0.590. The molecule has 0 saturated heterocycles. The van der Waals surface area contributed by atoms with E-state index in [9.17, 15) is 0 Å². The Bertz CT molecular complexity index is 594. The largest absolute Gasteiger partial charge is 0.394 e. The minimum absolute atomic E-state index is 0.0306. The summed E-state index contributed by atoms with van der Waals surface area (Å²) in [7, 11) is 0. The van der Waals surface area contributed by atoms with E-state index in [0.29, 0.717) is 14.8 Å². The number of H-pyrrole nitrogens is 1. The molecule has 7 heteroatoms. The third-order valence-electron chi connectivity index (χ3n) is 2.26. The minimum atomic E-state index is -0.0306. The number of ether oxygens (including phenoxy) is 1. The Morgan fingerprint density at radius 2 is 2.18 bits per heavy atom. The van der Waals surface area contributed by atoms with Crippen LogP contribution in [0.5, 0.6) is 0 Å². The second kappa shape index (κ2) is 5.37. The first-order valence-corrected chi connectivity index (χ1v) is 6.06. The third kappa shape index (κ3) is 2.64. The molecular formula is C10H10Cl2N2O2S. The summed E-state index contributed by atoms with van der Waals surface area (Å²) in [5.74, 6) is 0. The molecule has 2 aromatic rings. The Morgan fingerprint density at radius 1 is 1.41 bits per heavy atom. The summed E-state index contributed by atoms with van der Waals surface area (Å²) in [5.41, 5.74) is 1.51. The molecule has 1 aromatic heterocycles. The number of hydrogen-bond donors (Lipinski definition) is 2. The predicted octanol–water partition coefficient (Wildman–Crippen LogP) is 2.97. The number of aliphatic hydroxyl groups excluding tert-OH is 1. The lowest BCUT2D eigenvalue weighted by Gasteiger charge is -2.05. The normalized spacial score (nSPS) is 11.2. The van der Waals surface area contributed by atoms with Gasteiger partial charge < -0.3 is 14.8 Å². The van der Waals surface area contributed by atoms with Crippen molar-refractivity contribution in [3.05, 3.63) is 26.9 Å². The number of benzene rings is 1. The van der Waals surface area contributed by atoms with E-state index in [2.05, 4.69) is 4.98 Å². The number of hydrogen-bond acceptors (Lipinski definition) is 3. The van der Waals surface area contributed by atoms with Crippen LogP contribution in [0.3, 0.4) is 0 Å². The van der Waals surface area contributed by atoms with Gasteiger partial charge in [-0.1, -0.05) is 23.2 Å². The van der Waals surface area contributed by atoms with Gasteiger partial charge in [-0.25, -0.2) is 0 Å². The van der Waals surface area contributed by atoms with Gasteiger partial charge in [-0.05, 0) is 24.4 Å². The highest BCUT2D eigenvalue weighted by Crippen LogP contribution is 2.27. The van der Waals surface area contributed by atoms with Gasteiger partial charge in [-0.3, -0.25) is 4.57 Å². The molecule has 0 aliphatic carbocycles. The molecule has 0 amide bonds. The summed E-state index contributed by atoms with van der Waals surface area (Å²) in [6.45, 7) is 0.468. The Morgan fingerprint density at radius 3 is 2.88 bits per heavy atom. The number of aromatic nitrogens is 2. The summed E-state index contributed by atoms with van der Waals surface area (Å²) < 4.78 is 7.47. The number of nitrogens with zero attached hydrogens (tertiary/aromatic N) is 1. The van der Waals surface area contributed by atoms with Crippen LogP contribution in [0.25, 0.3) is 11.0 Å². The Kier molecular flexibility index (Phi) is 4.06. The molecule has 2 N–H and O–H groups in total. The van der Waals surface area contributed by atoms with Crippen LogP contribution in [0.4, 0.5) is 0 Å². The summed E-state index contributed by atoms with van der Waals surface area (Å²) in [6.07, 6.45) is 0. The van der Waals surface area contributed by atoms with Crippen LogP contribution >= 0.6 is 35.4 Å². The average molecular weight is 293 g/mol. The molecule has 0 fully saturated rings. The topological polar surface area (TPSA) is 50.2 Å². The molecule has 0 bridgehead atoms. The smallest absolute Gasteiger partial charge is 0.180 e. The average Bonchev–Trinajstić information content (AvgIpc) is 2.57. The molecular weight excluding hydrogens is 283 g/mol. The van der Waals surface area contributed by atoms with Crippen LogP contribution in [-0.2, 0) is 11.5 Å². The molecule has 17 heavy (non-hydrogen) atoms. The highest BCUT2D eigenvalue weighted by Gasteiger charge is 2.09. The number of aliphatic hydroxyl groups is 1. The number of imidazole rings is 1. The van der Waals surface area contributed by atoms with Crippen LogP contribution in [0, 0.1) is 4.77 Å². The van der Waals surface area contributed by atoms with Crippen LogP contribution in [0.2, 0.25) is 10.0 Å². The van der Waals surface area contributed by atoms with Gasteiger partial charge in [0.2, 0.25) is 0 Å². The molecule has 1 aromatic carbocycles. The number of fused-ring (bicyclic) bond motifs is 1. The first-order valence-electron chi connectivity index (χ1n) is 4.89. The van der Waals surface area contributed by atoms with Crippen molar-refractivity contribution in [1.82, 2.24) is 9.55 Å². The van der Waals surface area contributed by atoms with Crippen LogP contribution in [0.1, 0.15) is 0 Å². The fraction of sp³-hybridized carbons (Fsp3) is 0.300. The Balaban J connectivity index is 2.47. The molecule has 1 heterocycles. The second-order valence-corrected chi connectivity index (χ2v) is 4.63. The number of nitrogens with one attached hydrogen (secondary N) is 1. The van der Waals surface area contributed by atoms with E-state index >= 15 is 0 Å². The van der Waals surface area contributed by atoms with Crippen molar-refractivity contribution in [3.63, 3.8) is 0 Å². The van der Waals surface area contributed by atoms with Gasteiger partial charge in [0, 0.05) is 5.02 Å². The first kappa shape index (κ1) is 12.9. The van der Waals surface area contributed by atoms with Gasteiger partial charge in [0.05, 0.1) is 29.3 Å². The van der Waals surface area contributed by atoms with Crippen molar-refractivity contribution in [2.24, 2.45) is 0 Å². The monoisotopic (exact) mass is 292 g/mol. The molecule has 0 unspecified atom stereocenters. The fourth-order valence-corrected chi connectivity index (χ4v) is 2.31. The molecule has 92 valence electrons. The quantitative estimate of drug-likeness (QED) is 0.673. The van der Waals surface area contributed by atoms with Crippen molar-refractivity contribution in [2.45, 2.75) is 6.73 Å². The van der Waals surface area contributed by atoms with E-state index < -0.39 is 0 Å². The lowest BCUT2D eigenvalue weighted by Crippen LogP contribution is -2.05. The van der Waals surface area contributed by atoms with Crippen molar-refractivity contribution >= 4 is 46.5 Å².